The Labute approximate surface area is 139 Å². The molecule has 2 atom stereocenters. The molecule has 23 heavy (non-hydrogen) atoms. The summed E-state index contributed by atoms with van der Waals surface area (Å²) in [6.45, 7) is 6.72. The van der Waals surface area contributed by atoms with Crippen molar-refractivity contribution in [2.24, 2.45) is 5.92 Å². The normalized spacial score (nSPS) is 30.6. The van der Waals surface area contributed by atoms with Crippen LogP contribution in [0.5, 0.6) is 0 Å². The van der Waals surface area contributed by atoms with Crippen LogP contribution in [0.2, 0.25) is 0 Å². The molecule has 1 heterocycles. The molecule has 0 spiro atoms. The molecule has 3 rings (SSSR count). The van der Waals surface area contributed by atoms with Crippen LogP contribution in [0.3, 0.4) is 0 Å². The minimum absolute atomic E-state index is 0.0257. The van der Waals surface area contributed by atoms with Gasteiger partial charge in [-0.1, -0.05) is 41.0 Å². The van der Waals surface area contributed by atoms with Crippen molar-refractivity contribution >= 4 is 10.0 Å². The van der Waals surface area contributed by atoms with Crippen LogP contribution < -0.4 is 0 Å². The van der Waals surface area contributed by atoms with Crippen LogP contribution in [0.25, 0.3) is 0 Å². The summed E-state index contributed by atoms with van der Waals surface area (Å²) in [5.74, 6) is 0.347. The van der Waals surface area contributed by atoms with Gasteiger partial charge in [0.1, 0.15) is 0 Å². The van der Waals surface area contributed by atoms with E-state index in [4.69, 9.17) is 0 Å². The SMILES string of the molecule is C/C1=C2\CN(S(=O)(=O)c3ccc(C)cc3)[C@H](C)[C@H]2CC/C=C\C1. The summed E-state index contributed by atoms with van der Waals surface area (Å²) in [5.41, 5.74) is 3.74. The molecule has 1 aliphatic heterocycles. The van der Waals surface area contributed by atoms with Gasteiger partial charge in [0, 0.05) is 12.6 Å². The zero-order valence-corrected chi connectivity index (χ0v) is 14.9. The third-order valence-electron chi connectivity index (χ3n) is 5.22. The molecule has 4 heteroatoms. The van der Waals surface area contributed by atoms with E-state index in [1.54, 1.807) is 16.4 Å². The fourth-order valence-electron chi connectivity index (χ4n) is 3.72. The fraction of sp³-hybridized carbons (Fsp3) is 0.474. The molecular formula is C19H25NO2S. The van der Waals surface area contributed by atoms with Crippen LogP contribution in [-0.4, -0.2) is 25.3 Å². The molecule has 0 radical (unpaired) electrons. The highest BCUT2D eigenvalue weighted by molar-refractivity contribution is 7.89. The van der Waals surface area contributed by atoms with Crippen LogP contribution in [0.15, 0.2) is 52.5 Å². The maximum Gasteiger partial charge on any atom is 0.243 e. The standard InChI is InChI=1S/C19H25NO2S/c1-14-9-11-17(12-10-14)23(21,22)20-13-19-15(2)7-5-4-6-8-18(19)16(20)3/h4-5,9-12,16,18H,6-8,13H2,1-3H3/b5-4-,19-15-/t16-,18-/m1/s1. The van der Waals surface area contributed by atoms with Crippen molar-refractivity contribution in [1.82, 2.24) is 4.31 Å². The van der Waals surface area contributed by atoms with Gasteiger partial charge in [0.15, 0.2) is 0 Å². The summed E-state index contributed by atoms with van der Waals surface area (Å²) in [6.07, 6.45) is 7.44. The Morgan fingerprint density at radius 3 is 2.48 bits per heavy atom. The lowest BCUT2D eigenvalue weighted by atomic mass is 9.87. The third-order valence-corrected chi connectivity index (χ3v) is 7.17. The summed E-state index contributed by atoms with van der Waals surface area (Å²) < 4.78 is 27.8. The zero-order chi connectivity index (χ0) is 16.6. The number of hydrogen-bond acceptors (Lipinski definition) is 2. The number of nitrogens with zero attached hydrogens (tertiary/aromatic N) is 1. The van der Waals surface area contributed by atoms with Crippen molar-refractivity contribution in [3.05, 3.63) is 53.1 Å². The van der Waals surface area contributed by atoms with Crippen LogP contribution in [0.1, 0.15) is 38.7 Å². The third kappa shape index (κ3) is 3.02. The van der Waals surface area contributed by atoms with E-state index in [-0.39, 0.29) is 6.04 Å². The molecule has 0 aromatic heterocycles. The number of sulfonamides is 1. The predicted molar refractivity (Wildman–Crippen MR) is 93.7 cm³/mol. The van der Waals surface area contributed by atoms with E-state index in [9.17, 15) is 8.42 Å². The average molecular weight is 331 g/mol. The Bertz CT molecular complexity index is 744. The number of fused-ring (bicyclic) bond motifs is 1. The van der Waals surface area contributed by atoms with E-state index < -0.39 is 10.0 Å². The summed E-state index contributed by atoms with van der Waals surface area (Å²) in [6, 6.07) is 7.20. The monoisotopic (exact) mass is 331 g/mol. The molecule has 0 saturated carbocycles. The van der Waals surface area contributed by atoms with Gasteiger partial charge in [0.2, 0.25) is 10.0 Å². The van der Waals surface area contributed by atoms with Gasteiger partial charge in [-0.25, -0.2) is 8.42 Å². The van der Waals surface area contributed by atoms with E-state index in [1.165, 1.54) is 11.1 Å². The number of hydrogen-bond donors (Lipinski definition) is 0. The summed E-state index contributed by atoms with van der Waals surface area (Å²) in [7, 11) is -3.43. The van der Waals surface area contributed by atoms with Gasteiger partial charge in [-0.15, -0.1) is 0 Å². The predicted octanol–water partition coefficient (Wildman–Crippen LogP) is 4.06. The summed E-state index contributed by atoms with van der Waals surface area (Å²) in [4.78, 5) is 0.403. The molecule has 0 amide bonds. The minimum Gasteiger partial charge on any atom is -0.207 e. The Balaban J connectivity index is 1.96. The molecule has 0 unspecified atom stereocenters. The van der Waals surface area contributed by atoms with Crippen molar-refractivity contribution in [2.75, 3.05) is 6.54 Å². The van der Waals surface area contributed by atoms with Crippen molar-refractivity contribution in [2.45, 2.75) is 51.0 Å². The second kappa shape index (κ2) is 6.25. The van der Waals surface area contributed by atoms with Crippen LogP contribution in [0.4, 0.5) is 0 Å². The quantitative estimate of drug-likeness (QED) is 0.766. The maximum atomic E-state index is 13.1. The number of benzene rings is 1. The van der Waals surface area contributed by atoms with Crippen LogP contribution >= 0.6 is 0 Å². The topological polar surface area (TPSA) is 37.4 Å². The largest absolute Gasteiger partial charge is 0.243 e. The van der Waals surface area contributed by atoms with Gasteiger partial charge < -0.3 is 0 Å². The molecule has 3 nitrogen and oxygen atoms in total. The van der Waals surface area contributed by atoms with E-state index in [0.717, 1.165) is 24.8 Å². The van der Waals surface area contributed by atoms with E-state index >= 15 is 0 Å². The molecule has 1 fully saturated rings. The Morgan fingerprint density at radius 2 is 1.78 bits per heavy atom. The van der Waals surface area contributed by atoms with E-state index in [0.29, 0.717) is 17.4 Å². The molecule has 0 bridgehead atoms. The van der Waals surface area contributed by atoms with E-state index in [1.807, 2.05) is 19.1 Å². The molecule has 1 aliphatic carbocycles. The van der Waals surface area contributed by atoms with Crippen molar-refractivity contribution in [1.29, 1.82) is 0 Å². The van der Waals surface area contributed by atoms with Crippen molar-refractivity contribution in [3.8, 4) is 0 Å². The number of allylic oxidation sites excluding steroid dienone is 3. The lowest BCUT2D eigenvalue weighted by Gasteiger charge is -2.24. The lowest BCUT2D eigenvalue weighted by molar-refractivity contribution is 0.353. The zero-order valence-electron chi connectivity index (χ0n) is 14.1. The Hall–Kier alpha value is -1.39. The first-order chi connectivity index (χ1) is 10.9. The van der Waals surface area contributed by atoms with Gasteiger partial charge in [-0.2, -0.15) is 4.31 Å². The van der Waals surface area contributed by atoms with Crippen LogP contribution in [-0.2, 0) is 10.0 Å². The number of rotatable bonds is 2. The minimum atomic E-state index is -3.43. The van der Waals surface area contributed by atoms with Gasteiger partial charge in [-0.3, -0.25) is 0 Å². The Morgan fingerprint density at radius 1 is 1.09 bits per heavy atom. The molecule has 1 saturated heterocycles. The average Bonchev–Trinajstić information content (AvgIpc) is 2.82. The summed E-state index contributed by atoms with van der Waals surface area (Å²) in [5, 5.41) is 0. The highest BCUT2D eigenvalue weighted by atomic mass is 32.2. The smallest absolute Gasteiger partial charge is 0.207 e. The van der Waals surface area contributed by atoms with Crippen LogP contribution in [0, 0.1) is 12.8 Å². The molecule has 1 aromatic rings. The highest BCUT2D eigenvalue weighted by Gasteiger charge is 2.42. The first kappa shape index (κ1) is 16.5. The first-order valence-corrected chi connectivity index (χ1v) is 9.77. The van der Waals surface area contributed by atoms with Gasteiger partial charge in [0.05, 0.1) is 4.90 Å². The summed E-state index contributed by atoms with van der Waals surface area (Å²) >= 11 is 0. The second-order valence-corrected chi connectivity index (χ2v) is 8.66. The van der Waals surface area contributed by atoms with Crippen molar-refractivity contribution < 1.29 is 8.42 Å². The number of aryl methyl sites for hydroxylation is 1. The molecule has 0 N–H and O–H groups in total. The van der Waals surface area contributed by atoms with Crippen molar-refractivity contribution in [3.63, 3.8) is 0 Å². The van der Waals surface area contributed by atoms with Gasteiger partial charge in [-0.05, 0) is 58.1 Å². The fourth-order valence-corrected chi connectivity index (χ4v) is 5.37. The molecular weight excluding hydrogens is 306 g/mol. The molecule has 1 aromatic carbocycles. The van der Waals surface area contributed by atoms with Gasteiger partial charge in [0.25, 0.3) is 0 Å². The maximum absolute atomic E-state index is 13.1. The van der Waals surface area contributed by atoms with E-state index in [2.05, 4.69) is 26.0 Å². The second-order valence-electron chi connectivity index (χ2n) is 6.77. The molecule has 2 aliphatic rings. The highest BCUT2D eigenvalue weighted by Crippen LogP contribution is 2.39. The molecule has 124 valence electrons. The van der Waals surface area contributed by atoms with Gasteiger partial charge >= 0.3 is 0 Å². The lowest BCUT2D eigenvalue weighted by Crippen LogP contribution is -2.35. The first-order valence-electron chi connectivity index (χ1n) is 8.33. The Kier molecular flexibility index (Phi) is 4.47.